The van der Waals surface area contributed by atoms with Gasteiger partial charge in [-0.05, 0) is 75.5 Å². The summed E-state index contributed by atoms with van der Waals surface area (Å²) in [6.45, 7) is 0. The molecule has 0 amide bonds. The zero-order chi connectivity index (χ0) is 45.2. The minimum atomic E-state index is 0.560. The molecule has 11 aromatic carbocycles. The predicted molar refractivity (Wildman–Crippen MR) is 286 cm³/mol. The average molecular weight is 879 g/mol. The SMILES string of the molecule is c1ccc2c(-c3nc(-c4cccc5ccccc45)nc(-n4c5ccccc5c5ccc(-n6c7ccccc7c7c8c9ccccc9n(-c9cccc%10ccccc9%10)c8ccc76)cc54)n3)cccc2c1. The van der Waals surface area contributed by atoms with Crippen LogP contribution in [0.1, 0.15) is 0 Å². The molecule has 0 aliphatic carbocycles. The molecule has 0 aliphatic heterocycles. The third kappa shape index (κ3) is 5.51. The van der Waals surface area contributed by atoms with Crippen molar-refractivity contribution in [3.8, 4) is 40.1 Å². The molecular formula is C63H38N6. The van der Waals surface area contributed by atoms with Gasteiger partial charge in [0, 0.05) is 54.5 Å². The largest absolute Gasteiger partial charge is 0.309 e. The number of nitrogens with zero attached hydrogens (tertiary/aromatic N) is 6. The lowest BCUT2D eigenvalue weighted by molar-refractivity contribution is 0.954. The van der Waals surface area contributed by atoms with Crippen molar-refractivity contribution < 1.29 is 0 Å². The van der Waals surface area contributed by atoms with Crippen LogP contribution < -0.4 is 0 Å². The molecule has 69 heavy (non-hydrogen) atoms. The van der Waals surface area contributed by atoms with Crippen LogP contribution in [0.15, 0.2) is 231 Å². The molecule has 4 heterocycles. The van der Waals surface area contributed by atoms with Crippen LogP contribution in [0, 0.1) is 0 Å². The fraction of sp³-hybridized carbons (Fsp3) is 0. The van der Waals surface area contributed by atoms with Crippen LogP contribution in [0.5, 0.6) is 0 Å². The number of hydrogen-bond donors (Lipinski definition) is 0. The van der Waals surface area contributed by atoms with Crippen molar-refractivity contribution in [2.75, 3.05) is 0 Å². The molecule has 320 valence electrons. The Balaban J connectivity index is 1.01. The van der Waals surface area contributed by atoms with Gasteiger partial charge >= 0.3 is 0 Å². The van der Waals surface area contributed by atoms with Gasteiger partial charge in [0.2, 0.25) is 5.95 Å². The molecule has 0 unspecified atom stereocenters. The first-order valence-corrected chi connectivity index (χ1v) is 23.4. The molecule has 6 nitrogen and oxygen atoms in total. The molecule has 0 saturated carbocycles. The van der Waals surface area contributed by atoms with E-state index in [1.165, 1.54) is 49.0 Å². The Morgan fingerprint density at radius 1 is 0.261 bits per heavy atom. The number of fused-ring (bicyclic) bond motifs is 13. The van der Waals surface area contributed by atoms with Crippen molar-refractivity contribution >= 4 is 97.7 Å². The van der Waals surface area contributed by atoms with Crippen molar-refractivity contribution in [1.82, 2.24) is 28.7 Å². The van der Waals surface area contributed by atoms with Crippen LogP contribution in [0.4, 0.5) is 0 Å². The van der Waals surface area contributed by atoms with Crippen LogP contribution in [0.3, 0.4) is 0 Å². The van der Waals surface area contributed by atoms with E-state index in [2.05, 4.69) is 244 Å². The van der Waals surface area contributed by atoms with Gasteiger partial charge in [0.05, 0.1) is 38.8 Å². The lowest BCUT2D eigenvalue weighted by Gasteiger charge is -2.14. The Kier molecular flexibility index (Phi) is 7.97. The summed E-state index contributed by atoms with van der Waals surface area (Å²) in [5, 5.41) is 14.0. The van der Waals surface area contributed by atoms with Crippen LogP contribution in [-0.4, -0.2) is 28.7 Å². The number of benzene rings is 11. The smallest absolute Gasteiger partial charge is 0.238 e. The van der Waals surface area contributed by atoms with E-state index in [9.17, 15) is 0 Å². The maximum atomic E-state index is 5.44. The molecule has 0 fully saturated rings. The van der Waals surface area contributed by atoms with E-state index in [4.69, 9.17) is 15.0 Å². The molecule has 0 atom stereocenters. The molecule has 6 heteroatoms. The second-order valence-corrected chi connectivity index (χ2v) is 17.9. The molecule has 15 aromatic rings. The Hall–Kier alpha value is -9.39. The highest BCUT2D eigenvalue weighted by atomic mass is 15.2. The zero-order valence-corrected chi connectivity index (χ0v) is 37.1. The lowest BCUT2D eigenvalue weighted by Crippen LogP contribution is -2.07. The summed E-state index contributed by atoms with van der Waals surface area (Å²) in [7, 11) is 0. The predicted octanol–water partition coefficient (Wildman–Crippen LogP) is 16.0. The Morgan fingerprint density at radius 3 is 1.30 bits per heavy atom. The van der Waals surface area contributed by atoms with Gasteiger partial charge in [0.1, 0.15) is 0 Å². The Bertz CT molecular complexity index is 4510. The van der Waals surface area contributed by atoms with Gasteiger partial charge in [-0.1, -0.05) is 182 Å². The Labute approximate surface area is 395 Å². The highest BCUT2D eigenvalue weighted by molar-refractivity contribution is 6.29. The normalized spacial score (nSPS) is 12.1. The summed E-state index contributed by atoms with van der Waals surface area (Å²) in [4.78, 5) is 16.2. The number of para-hydroxylation sites is 3. The second kappa shape index (κ2) is 14.6. The first kappa shape index (κ1) is 37.8. The van der Waals surface area contributed by atoms with Crippen LogP contribution >= 0.6 is 0 Å². The Morgan fingerprint density at radius 2 is 0.696 bits per heavy atom. The average Bonchev–Trinajstić information content (AvgIpc) is 4.05. The number of aromatic nitrogens is 6. The minimum absolute atomic E-state index is 0.560. The van der Waals surface area contributed by atoms with Crippen molar-refractivity contribution in [2.24, 2.45) is 0 Å². The van der Waals surface area contributed by atoms with E-state index in [1.54, 1.807) is 0 Å². The van der Waals surface area contributed by atoms with Crippen molar-refractivity contribution in [3.05, 3.63) is 231 Å². The van der Waals surface area contributed by atoms with E-state index in [0.717, 1.165) is 71.2 Å². The summed E-state index contributed by atoms with van der Waals surface area (Å²) in [6, 6.07) is 82.7. The van der Waals surface area contributed by atoms with Crippen LogP contribution in [0.25, 0.3) is 138 Å². The van der Waals surface area contributed by atoms with Gasteiger partial charge in [-0.2, -0.15) is 9.97 Å². The van der Waals surface area contributed by atoms with Crippen LogP contribution in [-0.2, 0) is 0 Å². The third-order valence-electron chi connectivity index (χ3n) is 14.3. The highest BCUT2D eigenvalue weighted by Gasteiger charge is 2.24. The molecular weight excluding hydrogens is 841 g/mol. The zero-order valence-electron chi connectivity index (χ0n) is 37.1. The monoisotopic (exact) mass is 878 g/mol. The summed E-state index contributed by atoms with van der Waals surface area (Å²) < 4.78 is 7.13. The van der Waals surface area contributed by atoms with E-state index in [1.807, 2.05) is 0 Å². The van der Waals surface area contributed by atoms with E-state index in [-0.39, 0.29) is 0 Å². The molecule has 4 aromatic heterocycles. The van der Waals surface area contributed by atoms with Crippen molar-refractivity contribution in [1.29, 1.82) is 0 Å². The van der Waals surface area contributed by atoms with Gasteiger partial charge in [-0.3, -0.25) is 4.57 Å². The second-order valence-electron chi connectivity index (χ2n) is 17.9. The van der Waals surface area contributed by atoms with Crippen LogP contribution in [0.2, 0.25) is 0 Å². The first-order chi connectivity index (χ1) is 34.2. The van der Waals surface area contributed by atoms with E-state index in [0.29, 0.717) is 17.6 Å². The third-order valence-corrected chi connectivity index (χ3v) is 14.3. The molecule has 15 rings (SSSR count). The minimum Gasteiger partial charge on any atom is -0.309 e. The molecule has 0 radical (unpaired) electrons. The summed E-state index contributed by atoms with van der Waals surface area (Å²) >= 11 is 0. The van der Waals surface area contributed by atoms with Gasteiger partial charge in [-0.25, -0.2) is 4.98 Å². The van der Waals surface area contributed by atoms with Crippen molar-refractivity contribution in [3.63, 3.8) is 0 Å². The van der Waals surface area contributed by atoms with Gasteiger partial charge in [0.25, 0.3) is 0 Å². The lowest BCUT2D eigenvalue weighted by atomic mass is 10.0. The fourth-order valence-electron chi connectivity index (χ4n) is 11.3. The van der Waals surface area contributed by atoms with Gasteiger partial charge < -0.3 is 9.13 Å². The highest BCUT2D eigenvalue weighted by Crippen LogP contribution is 2.44. The van der Waals surface area contributed by atoms with E-state index >= 15 is 0 Å². The molecule has 0 aliphatic rings. The maximum absolute atomic E-state index is 5.44. The fourth-order valence-corrected chi connectivity index (χ4v) is 11.3. The topological polar surface area (TPSA) is 53.5 Å². The first-order valence-electron chi connectivity index (χ1n) is 23.4. The van der Waals surface area contributed by atoms with Gasteiger partial charge in [0.15, 0.2) is 11.6 Å². The van der Waals surface area contributed by atoms with Crippen molar-refractivity contribution in [2.45, 2.75) is 0 Å². The number of hydrogen-bond acceptors (Lipinski definition) is 3. The van der Waals surface area contributed by atoms with Gasteiger partial charge in [-0.15, -0.1) is 0 Å². The number of rotatable bonds is 5. The van der Waals surface area contributed by atoms with E-state index < -0.39 is 0 Å². The standard InChI is InChI=1S/C63H38N6/c1-4-22-43-39(16-1)19-13-28-48(43)61-64-62(49-29-14-20-40-17-2-5-23-44(40)49)66-63(65-61)69-53-30-10-7-25-46(53)47-35-34-42(38-58(47)69)67-54-31-11-8-26-50(54)59-56(67)36-37-57-60(59)51-27-9-12-32-55(51)68(57)52-33-15-21-41-18-3-6-24-45(41)52/h1-38H. The summed E-state index contributed by atoms with van der Waals surface area (Å²) in [6.07, 6.45) is 0. The molecule has 0 saturated heterocycles. The molecule has 0 N–H and O–H groups in total. The summed E-state index contributed by atoms with van der Waals surface area (Å²) in [5.74, 6) is 1.80. The molecule has 0 bridgehead atoms. The summed E-state index contributed by atoms with van der Waals surface area (Å²) in [5.41, 5.74) is 10.8. The maximum Gasteiger partial charge on any atom is 0.238 e. The molecule has 0 spiro atoms. The quantitative estimate of drug-likeness (QED) is 0.173.